The topological polar surface area (TPSA) is 91.2 Å². The maximum Gasteiger partial charge on any atom is 0.161 e. The summed E-state index contributed by atoms with van der Waals surface area (Å²) >= 11 is 0. The van der Waals surface area contributed by atoms with Crippen LogP contribution in [0.25, 0.3) is 55.4 Å². The standard InChI is InChI=1S/C36H34N4O4/c1-39(2)25-11-7-21(8-12-25)35-27-19-32(42)33(43-5)18-24(27)16-30(37-35)29-15-23-17-31(41)34(44-6)20-28(23)36(38-29)22-9-13-26(14-10-22)40(3)4/h7-20,41-42H,1-6H3. The highest BCUT2D eigenvalue weighted by molar-refractivity contribution is 6.01. The summed E-state index contributed by atoms with van der Waals surface area (Å²) in [6.45, 7) is 0. The van der Waals surface area contributed by atoms with Crippen molar-refractivity contribution >= 4 is 32.9 Å². The molecule has 222 valence electrons. The van der Waals surface area contributed by atoms with E-state index in [0.29, 0.717) is 28.6 Å². The van der Waals surface area contributed by atoms with Gasteiger partial charge in [-0.05, 0) is 71.4 Å². The van der Waals surface area contributed by atoms with Crippen LogP contribution in [0.4, 0.5) is 11.4 Å². The van der Waals surface area contributed by atoms with Gasteiger partial charge in [-0.25, -0.2) is 9.97 Å². The molecule has 0 amide bonds. The fraction of sp³-hybridized carbons (Fsp3) is 0.167. The van der Waals surface area contributed by atoms with Crippen LogP contribution in [0, 0.1) is 0 Å². The van der Waals surface area contributed by atoms with Crippen LogP contribution in [0.15, 0.2) is 84.9 Å². The second-order valence-corrected chi connectivity index (χ2v) is 11.1. The third-order valence-corrected chi connectivity index (χ3v) is 7.84. The Morgan fingerprint density at radius 2 is 0.932 bits per heavy atom. The molecule has 0 aliphatic rings. The smallest absolute Gasteiger partial charge is 0.161 e. The monoisotopic (exact) mass is 586 g/mol. The van der Waals surface area contributed by atoms with E-state index in [1.807, 2.05) is 98.7 Å². The molecule has 4 aromatic carbocycles. The summed E-state index contributed by atoms with van der Waals surface area (Å²) in [6.07, 6.45) is 0. The first-order valence-electron chi connectivity index (χ1n) is 14.2. The predicted octanol–water partition coefficient (Wildman–Crippen LogP) is 7.34. The number of rotatable bonds is 7. The van der Waals surface area contributed by atoms with E-state index in [4.69, 9.17) is 19.4 Å². The van der Waals surface area contributed by atoms with Crippen LogP contribution >= 0.6 is 0 Å². The third kappa shape index (κ3) is 5.15. The minimum Gasteiger partial charge on any atom is -0.504 e. The molecule has 2 N–H and O–H groups in total. The molecule has 0 atom stereocenters. The number of nitrogens with zero attached hydrogens (tertiary/aromatic N) is 4. The number of aromatic hydroxyl groups is 2. The van der Waals surface area contributed by atoms with Crippen molar-refractivity contribution in [2.24, 2.45) is 0 Å². The van der Waals surface area contributed by atoms with Crippen LogP contribution in [-0.4, -0.2) is 62.6 Å². The van der Waals surface area contributed by atoms with Gasteiger partial charge in [-0.3, -0.25) is 0 Å². The van der Waals surface area contributed by atoms with Crippen molar-refractivity contribution in [1.82, 2.24) is 9.97 Å². The molecule has 0 unspecified atom stereocenters. The lowest BCUT2D eigenvalue weighted by Crippen LogP contribution is -2.08. The highest BCUT2D eigenvalue weighted by Gasteiger charge is 2.18. The molecule has 0 aliphatic heterocycles. The molecule has 0 aliphatic carbocycles. The lowest BCUT2D eigenvalue weighted by atomic mass is 9.99. The van der Waals surface area contributed by atoms with Gasteiger partial charge in [0.1, 0.15) is 0 Å². The van der Waals surface area contributed by atoms with Gasteiger partial charge in [0.25, 0.3) is 0 Å². The molecule has 44 heavy (non-hydrogen) atoms. The van der Waals surface area contributed by atoms with E-state index >= 15 is 0 Å². The fourth-order valence-corrected chi connectivity index (χ4v) is 5.40. The zero-order chi connectivity index (χ0) is 31.1. The maximum atomic E-state index is 10.7. The molecule has 6 rings (SSSR count). The Bertz CT molecular complexity index is 2000. The summed E-state index contributed by atoms with van der Waals surface area (Å²) in [5.74, 6) is 0.822. The van der Waals surface area contributed by atoms with Gasteiger partial charge in [-0.2, -0.15) is 0 Å². The molecule has 6 aromatic rings. The lowest BCUT2D eigenvalue weighted by Gasteiger charge is -2.16. The van der Waals surface area contributed by atoms with Gasteiger partial charge in [0, 0.05) is 61.5 Å². The minimum atomic E-state index is 0.0393. The van der Waals surface area contributed by atoms with Crippen LogP contribution in [0.3, 0.4) is 0 Å². The highest BCUT2D eigenvalue weighted by Crippen LogP contribution is 2.41. The molecule has 0 radical (unpaired) electrons. The summed E-state index contributed by atoms with van der Waals surface area (Å²) in [5.41, 5.74) is 6.67. The lowest BCUT2D eigenvalue weighted by molar-refractivity contribution is 0.374. The second-order valence-electron chi connectivity index (χ2n) is 11.1. The molecule has 0 spiro atoms. The van der Waals surface area contributed by atoms with Crippen LogP contribution in [-0.2, 0) is 0 Å². The number of phenolic OH excluding ortho intramolecular Hbond substituents is 2. The van der Waals surface area contributed by atoms with E-state index in [2.05, 4.69) is 12.1 Å². The number of phenols is 2. The van der Waals surface area contributed by atoms with Crippen LogP contribution in [0.1, 0.15) is 0 Å². The van der Waals surface area contributed by atoms with Gasteiger partial charge in [0.05, 0.1) is 37.0 Å². The number of benzene rings is 4. The zero-order valence-corrected chi connectivity index (χ0v) is 25.6. The molecule has 2 heterocycles. The summed E-state index contributed by atoms with van der Waals surface area (Å²) in [5, 5.41) is 24.6. The zero-order valence-electron chi connectivity index (χ0n) is 25.6. The van der Waals surface area contributed by atoms with E-state index in [0.717, 1.165) is 49.7 Å². The Hall–Kier alpha value is -5.50. The average Bonchev–Trinajstić information content (AvgIpc) is 3.03. The summed E-state index contributed by atoms with van der Waals surface area (Å²) in [6, 6.07) is 27.2. The first-order valence-corrected chi connectivity index (χ1v) is 14.2. The number of ether oxygens (including phenoxy) is 2. The van der Waals surface area contributed by atoms with E-state index in [1.165, 1.54) is 14.2 Å². The van der Waals surface area contributed by atoms with Gasteiger partial charge in [0.2, 0.25) is 0 Å². The summed E-state index contributed by atoms with van der Waals surface area (Å²) in [4.78, 5) is 14.4. The SMILES string of the molecule is COc1cc2cc(-c3cc4cc(O)c(OC)cc4c(-c4ccc(N(C)C)cc4)n3)nc(-c3ccc(N(C)C)cc3)c2cc1O. The second kappa shape index (κ2) is 11.3. The Labute approximate surface area is 256 Å². The number of pyridine rings is 2. The maximum absolute atomic E-state index is 10.7. The third-order valence-electron chi connectivity index (χ3n) is 7.84. The molecule has 0 fully saturated rings. The van der Waals surface area contributed by atoms with Crippen molar-refractivity contribution < 1.29 is 19.7 Å². The summed E-state index contributed by atoms with van der Waals surface area (Å²) in [7, 11) is 11.1. The molecule has 8 heteroatoms. The Morgan fingerprint density at radius 3 is 1.39 bits per heavy atom. The van der Waals surface area contributed by atoms with Gasteiger partial charge in [-0.1, -0.05) is 24.3 Å². The molecular formula is C36H34N4O4. The van der Waals surface area contributed by atoms with Gasteiger partial charge in [-0.15, -0.1) is 0 Å². The molecule has 0 saturated heterocycles. The van der Waals surface area contributed by atoms with Crippen LogP contribution in [0.2, 0.25) is 0 Å². The first-order chi connectivity index (χ1) is 21.2. The Kier molecular flexibility index (Phi) is 7.35. The number of hydrogen-bond donors (Lipinski definition) is 2. The minimum absolute atomic E-state index is 0.0393. The highest BCUT2D eigenvalue weighted by atomic mass is 16.5. The van der Waals surface area contributed by atoms with Crippen molar-refractivity contribution in [1.29, 1.82) is 0 Å². The van der Waals surface area contributed by atoms with Gasteiger partial charge < -0.3 is 29.5 Å². The van der Waals surface area contributed by atoms with Crippen molar-refractivity contribution in [3.63, 3.8) is 0 Å². The van der Waals surface area contributed by atoms with Crippen LogP contribution in [0.5, 0.6) is 23.0 Å². The average molecular weight is 587 g/mol. The summed E-state index contributed by atoms with van der Waals surface area (Å²) < 4.78 is 10.9. The Balaban J connectivity index is 1.62. The number of methoxy groups -OCH3 is 2. The molecule has 8 nitrogen and oxygen atoms in total. The number of fused-ring (bicyclic) bond motifs is 2. The fourth-order valence-electron chi connectivity index (χ4n) is 5.40. The first kappa shape index (κ1) is 28.6. The largest absolute Gasteiger partial charge is 0.504 e. The quantitative estimate of drug-likeness (QED) is 0.201. The van der Waals surface area contributed by atoms with Crippen molar-refractivity contribution in [2.45, 2.75) is 0 Å². The van der Waals surface area contributed by atoms with E-state index in [-0.39, 0.29) is 11.5 Å². The molecule has 2 aromatic heterocycles. The van der Waals surface area contributed by atoms with Crippen molar-refractivity contribution in [2.75, 3.05) is 52.2 Å². The van der Waals surface area contributed by atoms with Crippen molar-refractivity contribution in [3.8, 4) is 56.9 Å². The van der Waals surface area contributed by atoms with Crippen molar-refractivity contribution in [3.05, 3.63) is 84.9 Å². The van der Waals surface area contributed by atoms with Crippen LogP contribution < -0.4 is 19.3 Å². The molecule has 0 saturated carbocycles. The van der Waals surface area contributed by atoms with Gasteiger partial charge in [0.15, 0.2) is 23.0 Å². The predicted molar refractivity (Wildman–Crippen MR) is 178 cm³/mol. The number of anilines is 2. The Morgan fingerprint density at radius 1 is 0.523 bits per heavy atom. The molecular weight excluding hydrogens is 552 g/mol. The molecule has 0 bridgehead atoms. The van der Waals surface area contributed by atoms with E-state index in [1.54, 1.807) is 12.1 Å². The normalized spacial score (nSPS) is 11.1. The van der Waals surface area contributed by atoms with E-state index < -0.39 is 0 Å². The number of hydrogen-bond acceptors (Lipinski definition) is 8. The number of aromatic nitrogens is 2. The van der Waals surface area contributed by atoms with E-state index in [9.17, 15) is 10.2 Å². The van der Waals surface area contributed by atoms with Gasteiger partial charge >= 0.3 is 0 Å².